The monoisotopic (exact) mass is 335 g/mol. The van der Waals surface area contributed by atoms with E-state index in [1.807, 2.05) is 0 Å². The van der Waals surface area contributed by atoms with Gasteiger partial charge >= 0.3 is 0 Å². The molecule has 0 saturated carbocycles. The standard InChI is InChI=1S/C14H29NO6Si/c1-9(16)15-11-13(18-3)12(21-22(5,6)7)10(8-17-2)20-14(11)19-4/h10-14H,8H2,1-7H3,(H,15,16)/t10-,11-,12+,13-,14+/m1/s1. The molecule has 0 aromatic rings. The molecule has 0 radical (unpaired) electrons. The number of carbonyl (C=O) groups excluding carboxylic acids is 1. The van der Waals surface area contributed by atoms with Gasteiger partial charge in [-0.05, 0) is 19.6 Å². The predicted octanol–water partition coefficient (Wildman–Crippen LogP) is 0.744. The number of ether oxygens (including phenoxy) is 4. The Morgan fingerprint density at radius 3 is 2.18 bits per heavy atom. The Bertz CT molecular complexity index is 362. The summed E-state index contributed by atoms with van der Waals surface area (Å²) in [5.41, 5.74) is 0. The fraction of sp³-hybridized carbons (Fsp3) is 0.929. The van der Waals surface area contributed by atoms with Gasteiger partial charge in [0.05, 0.1) is 6.61 Å². The molecule has 22 heavy (non-hydrogen) atoms. The van der Waals surface area contributed by atoms with Gasteiger partial charge in [0.1, 0.15) is 24.4 Å². The largest absolute Gasteiger partial charge is 0.409 e. The van der Waals surface area contributed by atoms with Crippen LogP contribution in [0.2, 0.25) is 19.6 Å². The molecule has 0 aromatic heterocycles. The van der Waals surface area contributed by atoms with Crippen LogP contribution in [0.15, 0.2) is 0 Å². The molecule has 0 spiro atoms. The maximum atomic E-state index is 11.5. The number of hydrogen-bond donors (Lipinski definition) is 1. The van der Waals surface area contributed by atoms with Gasteiger partial charge in [0, 0.05) is 28.3 Å². The summed E-state index contributed by atoms with van der Waals surface area (Å²) in [5, 5.41) is 2.84. The average Bonchev–Trinajstić information content (AvgIpc) is 2.39. The van der Waals surface area contributed by atoms with Crippen LogP contribution in [0.1, 0.15) is 6.92 Å². The molecule has 1 amide bonds. The van der Waals surface area contributed by atoms with Crippen molar-refractivity contribution in [3.63, 3.8) is 0 Å². The van der Waals surface area contributed by atoms with E-state index in [9.17, 15) is 4.79 Å². The lowest BCUT2D eigenvalue weighted by Gasteiger charge is -2.47. The maximum Gasteiger partial charge on any atom is 0.217 e. The normalized spacial score (nSPS) is 32.8. The minimum atomic E-state index is -1.84. The van der Waals surface area contributed by atoms with Crippen molar-refractivity contribution in [2.75, 3.05) is 27.9 Å². The number of rotatable bonds is 7. The molecule has 1 aliphatic heterocycles. The van der Waals surface area contributed by atoms with Crippen molar-refractivity contribution >= 4 is 14.2 Å². The van der Waals surface area contributed by atoms with Gasteiger partial charge in [0.2, 0.25) is 5.91 Å². The molecule has 1 rings (SSSR count). The number of amides is 1. The van der Waals surface area contributed by atoms with E-state index in [4.69, 9.17) is 23.4 Å². The van der Waals surface area contributed by atoms with Crippen LogP contribution in [0.5, 0.6) is 0 Å². The minimum absolute atomic E-state index is 0.172. The second-order valence-electron chi connectivity index (χ2n) is 6.36. The first-order valence-corrected chi connectivity index (χ1v) is 10.8. The van der Waals surface area contributed by atoms with Crippen LogP contribution in [0.25, 0.3) is 0 Å². The predicted molar refractivity (Wildman–Crippen MR) is 84.2 cm³/mol. The number of carbonyl (C=O) groups is 1. The highest BCUT2D eigenvalue weighted by atomic mass is 28.4. The zero-order chi connectivity index (χ0) is 16.9. The highest BCUT2D eigenvalue weighted by Gasteiger charge is 2.48. The zero-order valence-corrected chi connectivity index (χ0v) is 15.5. The third-order valence-electron chi connectivity index (χ3n) is 3.34. The van der Waals surface area contributed by atoms with Crippen LogP contribution in [-0.2, 0) is 28.2 Å². The molecule has 1 saturated heterocycles. The fourth-order valence-corrected chi connectivity index (χ4v) is 3.72. The number of methoxy groups -OCH3 is 3. The van der Waals surface area contributed by atoms with Crippen LogP contribution in [0.3, 0.4) is 0 Å². The van der Waals surface area contributed by atoms with E-state index in [2.05, 4.69) is 25.0 Å². The molecule has 0 bridgehead atoms. The molecule has 5 atom stereocenters. The summed E-state index contributed by atoms with van der Waals surface area (Å²) in [7, 11) is 2.90. The van der Waals surface area contributed by atoms with E-state index in [1.54, 1.807) is 14.2 Å². The minimum Gasteiger partial charge on any atom is -0.409 e. The first-order chi connectivity index (χ1) is 10.2. The Kier molecular flexibility index (Phi) is 7.43. The second kappa shape index (κ2) is 8.37. The van der Waals surface area contributed by atoms with Gasteiger partial charge in [-0.3, -0.25) is 4.79 Å². The van der Waals surface area contributed by atoms with E-state index < -0.39 is 20.6 Å². The molecule has 130 valence electrons. The van der Waals surface area contributed by atoms with E-state index in [1.165, 1.54) is 14.0 Å². The van der Waals surface area contributed by atoms with Gasteiger partial charge in [0.15, 0.2) is 14.6 Å². The van der Waals surface area contributed by atoms with Crippen molar-refractivity contribution < 1.29 is 28.2 Å². The van der Waals surface area contributed by atoms with Crippen molar-refractivity contribution in [3.8, 4) is 0 Å². The number of hydrogen-bond acceptors (Lipinski definition) is 6. The summed E-state index contributed by atoms with van der Waals surface area (Å²) >= 11 is 0. The van der Waals surface area contributed by atoms with Crippen LogP contribution in [-0.4, -0.2) is 72.8 Å². The Balaban J connectivity index is 3.06. The first kappa shape index (κ1) is 19.5. The molecule has 0 unspecified atom stereocenters. The van der Waals surface area contributed by atoms with Crippen molar-refractivity contribution in [2.45, 2.75) is 57.2 Å². The van der Waals surface area contributed by atoms with Gasteiger partial charge in [-0.2, -0.15) is 0 Å². The summed E-state index contributed by atoms with van der Waals surface area (Å²) < 4.78 is 28.4. The van der Waals surface area contributed by atoms with Gasteiger partial charge < -0.3 is 28.7 Å². The summed E-state index contributed by atoms with van der Waals surface area (Å²) in [6, 6.07) is -0.443. The van der Waals surface area contributed by atoms with E-state index in [-0.39, 0.29) is 24.2 Å². The van der Waals surface area contributed by atoms with Gasteiger partial charge in [-0.15, -0.1) is 0 Å². The summed E-state index contributed by atoms with van der Waals surface area (Å²) in [4.78, 5) is 11.5. The van der Waals surface area contributed by atoms with Crippen molar-refractivity contribution in [2.24, 2.45) is 0 Å². The van der Waals surface area contributed by atoms with Gasteiger partial charge in [-0.25, -0.2) is 0 Å². The molecule has 1 aliphatic rings. The first-order valence-electron chi connectivity index (χ1n) is 7.38. The summed E-state index contributed by atoms with van der Waals surface area (Å²) in [5.74, 6) is -0.172. The molecular weight excluding hydrogens is 306 g/mol. The third kappa shape index (κ3) is 5.29. The third-order valence-corrected chi connectivity index (χ3v) is 4.32. The quantitative estimate of drug-likeness (QED) is 0.692. The topological polar surface area (TPSA) is 75.2 Å². The molecule has 7 nitrogen and oxygen atoms in total. The summed E-state index contributed by atoms with van der Waals surface area (Å²) in [6.45, 7) is 8.11. The second-order valence-corrected chi connectivity index (χ2v) is 10.8. The van der Waals surface area contributed by atoms with Gasteiger partial charge in [0.25, 0.3) is 0 Å². The van der Waals surface area contributed by atoms with E-state index >= 15 is 0 Å². The maximum absolute atomic E-state index is 11.5. The van der Waals surface area contributed by atoms with E-state index in [0.29, 0.717) is 6.61 Å². The Morgan fingerprint density at radius 1 is 1.14 bits per heavy atom. The molecule has 1 N–H and O–H groups in total. The molecule has 0 aliphatic carbocycles. The van der Waals surface area contributed by atoms with Crippen LogP contribution < -0.4 is 5.32 Å². The Morgan fingerprint density at radius 2 is 1.77 bits per heavy atom. The van der Waals surface area contributed by atoms with Crippen molar-refractivity contribution in [1.82, 2.24) is 5.32 Å². The average molecular weight is 335 g/mol. The van der Waals surface area contributed by atoms with Crippen molar-refractivity contribution in [3.05, 3.63) is 0 Å². The van der Waals surface area contributed by atoms with Crippen LogP contribution in [0, 0.1) is 0 Å². The molecular formula is C14H29NO6Si. The zero-order valence-electron chi connectivity index (χ0n) is 14.5. The molecule has 1 heterocycles. The van der Waals surface area contributed by atoms with Crippen molar-refractivity contribution in [1.29, 1.82) is 0 Å². The highest BCUT2D eigenvalue weighted by molar-refractivity contribution is 6.69. The molecule has 8 heteroatoms. The lowest BCUT2D eigenvalue weighted by molar-refractivity contribution is -0.264. The molecule has 0 aromatic carbocycles. The lowest BCUT2D eigenvalue weighted by atomic mass is 9.96. The van der Waals surface area contributed by atoms with Gasteiger partial charge in [-0.1, -0.05) is 0 Å². The lowest BCUT2D eigenvalue weighted by Crippen LogP contribution is -2.66. The summed E-state index contributed by atoms with van der Waals surface area (Å²) in [6.07, 6.45) is -1.65. The highest BCUT2D eigenvalue weighted by Crippen LogP contribution is 2.28. The Labute approximate surface area is 133 Å². The molecule has 1 fully saturated rings. The SMILES string of the molecule is COC[C@H]1O[C@H](OC)[C@H](NC(C)=O)[C@@H](OC)[C@H]1O[Si](C)(C)C. The smallest absolute Gasteiger partial charge is 0.217 e. The Hall–Kier alpha value is -0.513. The van der Waals surface area contributed by atoms with Crippen LogP contribution in [0.4, 0.5) is 0 Å². The number of nitrogens with one attached hydrogen (secondary N) is 1. The van der Waals surface area contributed by atoms with E-state index in [0.717, 1.165) is 0 Å². The van der Waals surface area contributed by atoms with Crippen LogP contribution >= 0.6 is 0 Å². The fourth-order valence-electron chi connectivity index (χ4n) is 2.62.